The summed E-state index contributed by atoms with van der Waals surface area (Å²) in [6.07, 6.45) is 1.64. The van der Waals surface area contributed by atoms with Crippen LogP contribution < -0.4 is 5.73 Å². The first-order valence-electron chi connectivity index (χ1n) is 3.59. The second-order valence-electron chi connectivity index (χ2n) is 3.25. The van der Waals surface area contributed by atoms with E-state index < -0.39 is 0 Å². The number of hydrogen-bond donors (Lipinski definition) is 2. The van der Waals surface area contributed by atoms with Crippen LogP contribution in [-0.4, -0.2) is 23.4 Å². The van der Waals surface area contributed by atoms with Gasteiger partial charge in [0.1, 0.15) is 0 Å². The molecule has 4 nitrogen and oxygen atoms in total. The maximum absolute atomic E-state index is 5.69. The minimum atomic E-state index is 0.0700. The molecule has 0 aliphatic carbocycles. The summed E-state index contributed by atoms with van der Waals surface area (Å²) in [5.74, 6) is 0. The zero-order chi connectivity index (χ0) is 7.90. The van der Waals surface area contributed by atoms with Gasteiger partial charge in [0.15, 0.2) is 0 Å². The molecule has 11 heavy (non-hydrogen) atoms. The Morgan fingerprint density at radius 1 is 1.73 bits per heavy atom. The number of nitrogen functional groups attached to an aromatic ring is 1. The van der Waals surface area contributed by atoms with Crippen LogP contribution in [0.5, 0.6) is 0 Å². The van der Waals surface area contributed by atoms with Crippen molar-refractivity contribution in [2.75, 3.05) is 18.9 Å². The quantitative estimate of drug-likeness (QED) is 0.609. The number of nitrogens with two attached hydrogens (primary N) is 1. The van der Waals surface area contributed by atoms with Gasteiger partial charge < -0.3 is 10.5 Å². The Morgan fingerprint density at radius 2 is 2.45 bits per heavy atom. The van der Waals surface area contributed by atoms with E-state index in [0.717, 1.165) is 24.6 Å². The van der Waals surface area contributed by atoms with Crippen LogP contribution in [0.2, 0.25) is 0 Å². The lowest BCUT2D eigenvalue weighted by Gasteiger charge is -2.37. The molecule has 0 unspecified atom stereocenters. The Kier molecular flexibility index (Phi) is 1.20. The number of aromatic nitrogens is 2. The Labute approximate surface area is 64.7 Å². The number of hydrogen-bond acceptors (Lipinski definition) is 3. The first-order chi connectivity index (χ1) is 5.22. The molecule has 0 aromatic carbocycles. The summed E-state index contributed by atoms with van der Waals surface area (Å²) in [6.45, 7) is 3.58. The van der Waals surface area contributed by atoms with Gasteiger partial charge in [-0.25, -0.2) is 0 Å². The van der Waals surface area contributed by atoms with Crippen molar-refractivity contribution in [1.82, 2.24) is 10.2 Å². The molecule has 1 aromatic rings. The fraction of sp³-hybridized carbons (Fsp3) is 0.571. The molecule has 0 bridgehead atoms. The van der Waals surface area contributed by atoms with Crippen molar-refractivity contribution in [3.05, 3.63) is 11.9 Å². The lowest BCUT2D eigenvalue weighted by Crippen LogP contribution is -2.44. The minimum absolute atomic E-state index is 0.0700. The standard InChI is InChI=1S/C7H11N3O/c1-7(3-11-4-7)6-5(8)2-9-10-6/h2H,3-4,8H2,1H3,(H,9,10). The molecule has 0 amide bonds. The van der Waals surface area contributed by atoms with Crippen LogP contribution >= 0.6 is 0 Å². The van der Waals surface area contributed by atoms with E-state index in [2.05, 4.69) is 17.1 Å². The van der Waals surface area contributed by atoms with Crippen molar-refractivity contribution in [3.63, 3.8) is 0 Å². The summed E-state index contributed by atoms with van der Waals surface area (Å²) in [6, 6.07) is 0. The highest BCUT2D eigenvalue weighted by molar-refractivity contribution is 5.45. The van der Waals surface area contributed by atoms with Gasteiger partial charge in [-0.2, -0.15) is 5.10 Å². The minimum Gasteiger partial charge on any atom is -0.396 e. The van der Waals surface area contributed by atoms with Gasteiger partial charge in [-0.15, -0.1) is 0 Å². The Balaban J connectivity index is 2.35. The summed E-state index contributed by atoms with van der Waals surface area (Å²) < 4.78 is 5.11. The van der Waals surface area contributed by atoms with Crippen LogP contribution in [0.25, 0.3) is 0 Å². The molecule has 0 atom stereocenters. The third-order valence-corrected chi connectivity index (χ3v) is 2.11. The van der Waals surface area contributed by atoms with E-state index >= 15 is 0 Å². The van der Waals surface area contributed by atoms with E-state index in [-0.39, 0.29) is 5.41 Å². The van der Waals surface area contributed by atoms with Crippen LogP contribution in [0.4, 0.5) is 5.69 Å². The lowest BCUT2D eigenvalue weighted by molar-refractivity contribution is -0.0517. The smallest absolute Gasteiger partial charge is 0.0737 e. The van der Waals surface area contributed by atoms with Gasteiger partial charge in [-0.1, -0.05) is 0 Å². The number of aromatic amines is 1. The molecule has 1 saturated heterocycles. The van der Waals surface area contributed by atoms with Crippen molar-refractivity contribution >= 4 is 5.69 Å². The normalized spacial score (nSPS) is 21.2. The third kappa shape index (κ3) is 0.826. The fourth-order valence-electron chi connectivity index (χ4n) is 1.33. The molecular weight excluding hydrogens is 142 g/mol. The predicted molar refractivity (Wildman–Crippen MR) is 41.2 cm³/mol. The zero-order valence-electron chi connectivity index (χ0n) is 6.42. The molecule has 0 spiro atoms. The first kappa shape index (κ1) is 6.67. The maximum atomic E-state index is 5.69. The van der Waals surface area contributed by atoms with E-state index in [1.54, 1.807) is 6.20 Å². The van der Waals surface area contributed by atoms with Crippen molar-refractivity contribution in [2.24, 2.45) is 0 Å². The van der Waals surface area contributed by atoms with Crippen LogP contribution in [0.15, 0.2) is 6.20 Å². The van der Waals surface area contributed by atoms with E-state index in [4.69, 9.17) is 10.5 Å². The van der Waals surface area contributed by atoms with Crippen LogP contribution in [0.1, 0.15) is 12.6 Å². The van der Waals surface area contributed by atoms with Crippen LogP contribution in [0.3, 0.4) is 0 Å². The summed E-state index contributed by atoms with van der Waals surface area (Å²) in [4.78, 5) is 0. The Morgan fingerprint density at radius 3 is 2.82 bits per heavy atom. The Bertz CT molecular complexity index is 264. The molecule has 0 saturated carbocycles. The molecule has 2 rings (SSSR count). The van der Waals surface area contributed by atoms with Gasteiger partial charge in [0.25, 0.3) is 0 Å². The van der Waals surface area contributed by atoms with E-state index in [1.807, 2.05) is 0 Å². The molecule has 1 fully saturated rings. The number of rotatable bonds is 1. The van der Waals surface area contributed by atoms with Crippen molar-refractivity contribution in [2.45, 2.75) is 12.3 Å². The van der Waals surface area contributed by atoms with Crippen molar-refractivity contribution in [1.29, 1.82) is 0 Å². The second kappa shape index (κ2) is 1.98. The highest BCUT2D eigenvalue weighted by atomic mass is 16.5. The van der Waals surface area contributed by atoms with Gasteiger partial charge in [-0.05, 0) is 6.92 Å². The highest BCUT2D eigenvalue weighted by Crippen LogP contribution is 2.33. The molecule has 0 radical (unpaired) electrons. The number of anilines is 1. The number of ether oxygens (including phenoxy) is 1. The highest BCUT2D eigenvalue weighted by Gasteiger charge is 2.38. The predicted octanol–water partition coefficient (Wildman–Crippen LogP) is 0.280. The maximum Gasteiger partial charge on any atom is 0.0737 e. The molecule has 1 aliphatic heterocycles. The number of nitrogens with one attached hydrogen (secondary N) is 1. The lowest BCUT2D eigenvalue weighted by atomic mass is 9.84. The molecular formula is C7H11N3O. The summed E-state index contributed by atoms with van der Waals surface area (Å²) >= 11 is 0. The van der Waals surface area contributed by atoms with Crippen LogP contribution in [0, 0.1) is 0 Å². The third-order valence-electron chi connectivity index (χ3n) is 2.11. The second-order valence-corrected chi connectivity index (χ2v) is 3.25. The molecule has 1 aromatic heterocycles. The molecule has 60 valence electrons. The summed E-state index contributed by atoms with van der Waals surface area (Å²) in [7, 11) is 0. The molecule has 4 heteroatoms. The van der Waals surface area contributed by atoms with Gasteiger partial charge in [0, 0.05) is 0 Å². The molecule has 3 N–H and O–H groups in total. The van der Waals surface area contributed by atoms with E-state index in [0.29, 0.717) is 0 Å². The Hall–Kier alpha value is -1.03. The summed E-state index contributed by atoms with van der Waals surface area (Å²) in [5.41, 5.74) is 7.49. The fourth-order valence-corrected chi connectivity index (χ4v) is 1.33. The number of nitrogens with zero attached hydrogens (tertiary/aromatic N) is 1. The first-order valence-corrected chi connectivity index (χ1v) is 3.59. The van der Waals surface area contributed by atoms with Gasteiger partial charge in [0.05, 0.1) is 36.2 Å². The average Bonchev–Trinajstić information content (AvgIpc) is 2.30. The summed E-state index contributed by atoms with van der Waals surface area (Å²) in [5, 5.41) is 6.76. The number of H-pyrrole nitrogens is 1. The topological polar surface area (TPSA) is 63.9 Å². The SMILES string of the molecule is CC1(c2[nH]ncc2N)COC1. The van der Waals surface area contributed by atoms with Gasteiger partial charge in [-0.3, -0.25) is 5.10 Å². The van der Waals surface area contributed by atoms with Gasteiger partial charge >= 0.3 is 0 Å². The largest absolute Gasteiger partial charge is 0.396 e. The molecule has 2 heterocycles. The van der Waals surface area contributed by atoms with E-state index in [1.165, 1.54) is 0 Å². The van der Waals surface area contributed by atoms with Gasteiger partial charge in [0.2, 0.25) is 0 Å². The van der Waals surface area contributed by atoms with Crippen molar-refractivity contribution < 1.29 is 4.74 Å². The van der Waals surface area contributed by atoms with Crippen LogP contribution in [-0.2, 0) is 10.2 Å². The molecule has 1 aliphatic rings. The van der Waals surface area contributed by atoms with Crippen molar-refractivity contribution in [3.8, 4) is 0 Å². The average molecular weight is 153 g/mol. The zero-order valence-corrected chi connectivity index (χ0v) is 6.42. The monoisotopic (exact) mass is 153 g/mol. The van der Waals surface area contributed by atoms with E-state index in [9.17, 15) is 0 Å².